The van der Waals surface area contributed by atoms with Gasteiger partial charge in [0.15, 0.2) is 0 Å². The average molecular weight is 406 g/mol. The Morgan fingerprint density at radius 3 is 2.69 bits per heavy atom. The molecule has 3 aromatic rings. The van der Waals surface area contributed by atoms with Crippen LogP contribution in [0.3, 0.4) is 0 Å². The molecule has 0 radical (unpaired) electrons. The molecule has 29 heavy (non-hydrogen) atoms. The highest BCUT2D eigenvalue weighted by Crippen LogP contribution is 2.39. The third-order valence-corrected chi connectivity index (χ3v) is 8.10. The van der Waals surface area contributed by atoms with Crippen LogP contribution in [-0.2, 0) is 17.3 Å². The van der Waals surface area contributed by atoms with E-state index in [1.807, 2.05) is 24.3 Å². The molecule has 0 saturated carbocycles. The van der Waals surface area contributed by atoms with E-state index >= 15 is 0 Å². The smallest absolute Gasteiger partial charge is 0.251 e. The van der Waals surface area contributed by atoms with Crippen LogP contribution >= 0.6 is 0 Å². The Balaban J connectivity index is 1.24. The minimum absolute atomic E-state index is 0.00921. The number of nitrogens with zero attached hydrogens (tertiary/aromatic N) is 1. The summed E-state index contributed by atoms with van der Waals surface area (Å²) in [5, 5.41) is 14.2. The van der Waals surface area contributed by atoms with Gasteiger partial charge in [-0.2, -0.15) is 5.10 Å². The molecule has 1 aromatic heterocycles. The zero-order valence-corrected chi connectivity index (χ0v) is 17.1. The highest BCUT2D eigenvalue weighted by atomic mass is 32.2. The molecule has 1 aliphatic carbocycles. The number of H-pyrrole nitrogens is 1. The maximum Gasteiger partial charge on any atom is 0.251 e. The molecule has 0 atom stereocenters. The normalized spacial score (nSPS) is 15.7. The third-order valence-electron chi connectivity index (χ3n) is 5.75. The summed E-state index contributed by atoms with van der Waals surface area (Å²) in [6.45, 7) is 2.98. The van der Waals surface area contributed by atoms with Crippen LogP contribution in [0.1, 0.15) is 21.5 Å². The summed E-state index contributed by atoms with van der Waals surface area (Å²) in [4.78, 5) is 12.5. The summed E-state index contributed by atoms with van der Waals surface area (Å²) in [5.74, 6) is 3.57. The number of rotatable bonds is 5. The van der Waals surface area contributed by atoms with Crippen molar-refractivity contribution in [2.75, 3.05) is 36.9 Å². The van der Waals surface area contributed by atoms with E-state index in [0.29, 0.717) is 16.5 Å². The van der Waals surface area contributed by atoms with Crippen molar-refractivity contribution in [3.05, 3.63) is 65.2 Å². The summed E-state index contributed by atoms with van der Waals surface area (Å²) in [6.07, 6.45) is 0.900. The number of hydrogen-bond acceptors (Lipinski definition) is 3. The third kappa shape index (κ3) is 3.70. The minimum Gasteiger partial charge on any atom is -0.347 e. The van der Waals surface area contributed by atoms with E-state index in [1.54, 1.807) is 0 Å². The summed E-state index contributed by atoms with van der Waals surface area (Å²) >= 11 is 0. The van der Waals surface area contributed by atoms with E-state index in [9.17, 15) is 4.79 Å². The summed E-state index contributed by atoms with van der Waals surface area (Å²) in [7, 11) is 0.453. The fraction of sp³-hybridized carbons (Fsp3) is 0.304. The second-order valence-electron chi connectivity index (χ2n) is 7.57. The van der Waals surface area contributed by atoms with Gasteiger partial charge in [-0.3, -0.25) is 9.89 Å². The first-order chi connectivity index (χ1) is 14.3. The van der Waals surface area contributed by atoms with Gasteiger partial charge in [-0.25, -0.2) is 0 Å². The van der Waals surface area contributed by atoms with Crippen LogP contribution in [-0.4, -0.2) is 53.0 Å². The van der Waals surface area contributed by atoms with E-state index in [-0.39, 0.29) is 5.91 Å². The van der Waals surface area contributed by atoms with Crippen LogP contribution in [0.25, 0.3) is 22.5 Å². The first kappa shape index (κ1) is 18.5. The fourth-order valence-corrected chi connectivity index (χ4v) is 6.03. The Bertz CT molecular complexity index is 1020. The lowest BCUT2D eigenvalue weighted by molar-refractivity contribution is 0.0956. The topological polar surface area (TPSA) is 69.8 Å². The molecule has 0 bridgehead atoms. The number of hydrogen-bond donors (Lipinski definition) is 3. The standard InChI is InChI=1S/C23H24N4OS/c28-23(25-11-14-29-12-9-24-10-13-29)17-7-5-16(6-8-17)21-20-15-18-3-1-2-4-19(18)22(20)27-26-21/h1-8,24H,9-15H2,(H-,25,26,27,28)/p+1. The number of amides is 1. The van der Waals surface area contributed by atoms with Crippen molar-refractivity contribution in [3.8, 4) is 22.5 Å². The summed E-state index contributed by atoms with van der Waals surface area (Å²) < 4.78 is 0. The molecule has 6 heteroatoms. The highest BCUT2D eigenvalue weighted by Gasteiger charge is 2.25. The lowest BCUT2D eigenvalue weighted by atomic mass is 10.0. The Morgan fingerprint density at radius 2 is 1.86 bits per heavy atom. The maximum atomic E-state index is 12.5. The molecule has 5 nitrogen and oxygen atoms in total. The lowest BCUT2D eigenvalue weighted by Crippen LogP contribution is -2.40. The van der Waals surface area contributed by atoms with Crippen molar-refractivity contribution in [2.45, 2.75) is 6.42 Å². The Morgan fingerprint density at radius 1 is 1.07 bits per heavy atom. The second-order valence-corrected chi connectivity index (χ2v) is 10.0. The Hall–Kier alpha value is -2.57. The summed E-state index contributed by atoms with van der Waals surface area (Å²) in [5.41, 5.74) is 7.67. The second kappa shape index (κ2) is 8.05. The van der Waals surface area contributed by atoms with Crippen LogP contribution in [0.5, 0.6) is 0 Å². The van der Waals surface area contributed by atoms with Gasteiger partial charge in [0, 0.05) is 41.8 Å². The van der Waals surface area contributed by atoms with Crippen LogP contribution < -0.4 is 10.6 Å². The fourth-order valence-electron chi connectivity index (χ4n) is 4.16. The van der Waals surface area contributed by atoms with Crippen molar-refractivity contribution >= 4 is 16.8 Å². The number of fused-ring (bicyclic) bond motifs is 3. The molecule has 1 saturated heterocycles. The minimum atomic E-state index is 0.00921. The summed E-state index contributed by atoms with van der Waals surface area (Å²) in [6, 6.07) is 16.3. The van der Waals surface area contributed by atoms with Crippen LogP contribution in [0.2, 0.25) is 0 Å². The van der Waals surface area contributed by atoms with Gasteiger partial charge in [-0.15, -0.1) is 0 Å². The van der Waals surface area contributed by atoms with Crippen molar-refractivity contribution in [2.24, 2.45) is 0 Å². The molecule has 2 aliphatic rings. The zero-order valence-electron chi connectivity index (χ0n) is 16.3. The number of aromatic amines is 1. The van der Waals surface area contributed by atoms with E-state index in [4.69, 9.17) is 0 Å². The van der Waals surface area contributed by atoms with Gasteiger partial charge in [0.05, 0.1) is 17.9 Å². The average Bonchev–Trinajstić information content (AvgIpc) is 3.34. The van der Waals surface area contributed by atoms with Gasteiger partial charge in [0.1, 0.15) is 17.3 Å². The number of carbonyl (C=O) groups excluding carboxylic acids is 1. The number of aromatic nitrogens is 2. The molecule has 148 valence electrons. The predicted molar refractivity (Wildman–Crippen MR) is 119 cm³/mol. The van der Waals surface area contributed by atoms with E-state index in [1.165, 1.54) is 28.2 Å². The van der Waals surface area contributed by atoms with Gasteiger partial charge in [-0.1, -0.05) is 36.4 Å². The first-order valence-corrected chi connectivity index (χ1v) is 11.9. The van der Waals surface area contributed by atoms with Gasteiger partial charge in [-0.05, 0) is 28.6 Å². The van der Waals surface area contributed by atoms with E-state index < -0.39 is 0 Å². The predicted octanol–water partition coefficient (Wildman–Crippen LogP) is 2.60. The molecule has 2 heterocycles. The molecule has 0 unspecified atom stereocenters. The lowest BCUT2D eigenvalue weighted by Gasteiger charge is -2.15. The van der Waals surface area contributed by atoms with Crippen LogP contribution in [0, 0.1) is 0 Å². The number of carbonyl (C=O) groups is 1. The maximum absolute atomic E-state index is 12.5. The first-order valence-electron chi connectivity index (χ1n) is 10.2. The van der Waals surface area contributed by atoms with Gasteiger partial charge >= 0.3 is 0 Å². The number of nitrogens with one attached hydrogen (secondary N) is 3. The van der Waals surface area contributed by atoms with Crippen molar-refractivity contribution in [1.29, 1.82) is 0 Å². The molecule has 3 N–H and O–H groups in total. The van der Waals surface area contributed by atoms with Gasteiger partial charge in [0.2, 0.25) is 0 Å². The molecule has 5 rings (SSSR count). The Labute approximate surface area is 173 Å². The van der Waals surface area contributed by atoms with Crippen molar-refractivity contribution < 1.29 is 4.79 Å². The largest absolute Gasteiger partial charge is 0.347 e. The molecule has 1 aliphatic heterocycles. The van der Waals surface area contributed by atoms with Crippen LogP contribution in [0.4, 0.5) is 0 Å². The van der Waals surface area contributed by atoms with E-state index in [2.05, 4.69) is 45.1 Å². The Kier molecular flexibility index (Phi) is 5.12. The zero-order chi connectivity index (χ0) is 19.6. The van der Waals surface area contributed by atoms with Crippen molar-refractivity contribution in [3.63, 3.8) is 0 Å². The monoisotopic (exact) mass is 405 g/mol. The number of benzene rings is 2. The van der Waals surface area contributed by atoms with Crippen molar-refractivity contribution in [1.82, 2.24) is 20.8 Å². The van der Waals surface area contributed by atoms with Crippen LogP contribution in [0.15, 0.2) is 48.5 Å². The SMILES string of the molecule is O=C(NCC[S+]1CCNCC1)c1ccc(-c2n[nH]c3c2Cc2ccccc2-3)cc1. The van der Waals surface area contributed by atoms with E-state index in [0.717, 1.165) is 48.8 Å². The molecule has 0 spiro atoms. The molecule has 2 aromatic carbocycles. The van der Waals surface area contributed by atoms with Gasteiger partial charge in [0.25, 0.3) is 5.91 Å². The molecule has 1 fully saturated rings. The molecular weight excluding hydrogens is 380 g/mol. The molecule has 1 amide bonds. The molecular formula is C23H25N4OS+. The van der Waals surface area contributed by atoms with Gasteiger partial charge < -0.3 is 10.6 Å². The quantitative estimate of drug-likeness (QED) is 0.447. The highest BCUT2D eigenvalue weighted by molar-refractivity contribution is 7.96.